The molecule has 1 rings (SSSR count). The zero-order valence-corrected chi connectivity index (χ0v) is 9.69. The van der Waals surface area contributed by atoms with Gasteiger partial charge in [0.1, 0.15) is 5.75 Å². The van der Waals surface area contributed by atoms with Gasteiger partial charge in [0.2, 0.25) is 0 Å². The van der Waals surface area contributed by atoms with E-state index >= 15 is 0 Å². The summed E-state index contributed by atoms with van der Waals surface area (Å²) in [6.45, 7) is 2.54. The number of carbonyl (C=O) groups excluding carboxylic acids is 1. The summed E-state index contributed by atoms with van der Waals surface area (Å²) in [5.41, 5.74) is 1.04. The zero-order valence-electron chi connectivity index (χ0n) is 9.69. The van der Waals surface area contributed by atoms with E-state index in [0.29, 0.717) is 24.4 Å². The molecule has 0 aliphatic carbocycles. The van der Waals surface area contributed by atoms with Gasteiger partial charge in [-0.1, -0.05) is 6.07 Å². The van der Waals surface area contributed by atoms with Gasteiger partial charge in [0.15, 0.2) is 0 Å². The van der Waals surface area contributed by atoms with E-state index in [4.69, 9.17) is 10.1 Å². The van der Waals surface area contributed by atoms with E-state index in [1.807, 2.05) is 0 Å². The van der Waals surface area contributed by atoms with Crippen molar-refractivity contribution >= 4 is 17.9 Å². The summed E-state index contributed by atoms with van der Waals surface area (Å²) < 4.78 is 4.79. The van der Waals surface area contributed by atoms with Crippen molar-refractivity contribution in [3.05, 3.63) is 23.8 Å². The highest BCUT2D eigenvalue weighted by Crippen LogP contribution is 2.22. The Labute approximate surface area is 99.9 Å². The smallest absolute Gasteiger partial charge is 0.307 e. The van der Waals surface area contributed by atoms with E-state index < -0.39 is 0 Å². The van der Waals surface area contributed by atoms with Crippen molar-refractivity contribution in [2.45, 2.75) is 13.3 Å². The van der Waals surface area contributed by atoms with Crippen LogP contribution in [0.25, 0.3) is 0 Å². The maximum Gasteiger partial charge on any atom is 0.307 e. The number of ether oxygens (including phenoxy) is 1. The van der Waals surface area contributed by atoms with E-state index in [2.05, 4.69) is 5.32 Å². The third-order valence-electron chi connectivity index (χ3n) is 2.18. The first kappa shape index (κ1) is 13.0. The minimum absolute atomic E-state index is 0.0427. The molecule has 0 heterocycles. The molecule has 1 aromatic rings. The number of benzene rings is 1. The zero-order chi connectivity index (χ0) is 12.7. The quantitative estimate of drug-likeness (QED) is 0.519. The lowest BCUT2D eigenvalue weighted by atomic mass is 10.1. The molecular weight excluding hydrogens is 220 g/mol. The number of phenolic OH excluding ortho intramolecular Hbond substituents is 1. The average molecular weight is 236 g/mol. The average Bonchev–Trinajstić information content (AvgIpc) is 2.29. The van der Waals surface area contributed by atoms with Crippen molar-refractivity contribution in [2.75, 3.05) is 18.5 Å². The Bertz CT molecular complexity index is 405. The molecule has 0 aromatic heterocycles. The summed E-state index contributed by atoms with van der Waals surface area (Å²) in [5, 5.41) is 19.7. The first-order chi connectivity index (χ1) is 8.19. The highest BCUT2D eigenvalue weighted by atomic mass is 16.5. The Kier molecular flexibility index (Phi) is 5.00. The van der Waals surface area contributed by atoms with Crippen LogP contribution in [-0.2, 0) is 9.53 Å². The van der Waals surface area contributed by atoms with Gasteiger partial charge in [-0.15, -0.1) is 0 Å². The van der Waals surface area contributed by atoms with Gasteiger partial charge >= 0.3 is 5.97 Å². The first-order valence-electron chi connectivity index (χ1n) is 5.41. The molecule has 0 amide bonds. The van der Waals surface area contributed by atoms with Crippen LogP contribution in [0.15, 0.2) is 18.2 Å². The molecule has 0 aliphatic rings. The second kappa shape index (κ2) is 6.52. The fraction of sp³-hybridized carbons (Fsp3) is 0.333. The predicted octanol–water partition coefficient (Wildman–Crippen LogP) is 1.75. The topological polar surface area (TPSA) is 82.4 Å². The molecule has 0 saturated heterocycles. The second-order valence-electron chi connectivity index (χ2n) is 3.36. The first-order valence-corrected chi connectivity index (χ1v) is 5.41. The molecule has 0 atom stereocenters. The number of rotatable bonds is 6. The lowest BCUT2D eigenvalue weighted by molar-refractivity contribution is -0.142. The molecule has 3 N–H and O–H groups in total. The number of hydrogen-bond acceptors (Lipinski definition) is 5. The van der Waals surface area contributed by atoms with E-state index in [-0.39, 0.29) is 18.1 Å². The maximum atomic E-state index is 11.1. The number of nitrogens with one attached hydrogen (secondary N) is 2. The molecule has 0 unspecified atom stereocenters. The van der Waals surface area contributed by atoms with Crippen LogP contribution in [0.2, 0.25) is 0 Å². The van der Waals surface area contributed by atoms with Crippen LogP contribution >= 0.6 is 0 Å². The minimum Gasteiger partial charge on any atom is -0.507 e. The number of aromatic hydroxyl groups is 1. The highest BCUT2D eigenvalue weighted by Gasteiger charge is 2.06. The molecule has 0 spiro atoms. The number of carbonyl (C=O) groups is 1. The SMILES string of the molecule is CCOC(=O)CCNc1cccc(O)c1C=N. The third-order valence-corrected chi connectivity index (χ3v) is 2.18. The Balaban J connectivity index is 2.55. The van der Waals surface area contributed by atoms with Crippen LogP contribution in [0, 0.1) is 5.41 Å². The number of hydrogen-bond donors (Lipinski definition) is 3. The van der Waals surface area contributed by atoms with Crippen LogP contribution in [0.5, 0.6) is 5.75 Å². The molecule has 0 radical (unpaired) electrons. The molecule has 5 nitrogen and oxygen atoms in total. The molecule has 1 aromatic carbocycles. The maximum absolute atomic E-state index is 11.1. The van der Waals surface area contributed by atoms with Crippen molar-refractivity contribution in [1.82, 2.24) is 0 Å². The van der Waals surface area contributed by atoms with E-state index in [9.17, 15) is 9.90 Å². The van der Waals surface area contributed by atoms with Crippen LogP contribution < -0.4 is 5.32 Å². The summed E-state index contributed by atoms with van der Waals surface area (Å²) in [6, 6.07) is 4.93. The van der Waals surface area contributed by atoms with Crippen LogP contribution in [0.3, 0.4) is 0 Å². The van der Waals surface area contributed by atoms with Gasteiger partial charge in [-0.3, -0.25) is 4.79 Å². The fourth-order valence-electron chi connectivity index (χ4n) is 1.39. The van der Waals surface area contributed by atoms with Gasteiger partial charge in [0.25, 0.3) is 0 Å². The fourth-order valence-corrected chi connectivity index (χ4v) is 1.39. The number of esters is 1. The minimum atomic E-state index is -0.267. The molecule has 0 fully saturated rings. The standard InChI is InChI=1S/C12H16N2O3/c1-2-17-12(16)6-7-14-10-4-3-5-11(15)9(10)8-13/h3-5,8,13-15H,2,6-7H2,1H3. The molecule has 92 valence electrons. The Morgan fingerprint density at radius 1 is 1.59 bits per heavy atom. The van der Waals surface area contributed by atoms with Crippen molar-refractivity contribution < 1.29 is 14.6 Å². The van der Waals surface area contributed by atoms with E-state index in [1.54, 1.807) is 19.1 Å². The summed E-state index contributed by atoms with van der Waals surface area (Å²) in [6.07, 6.45) is 1.32. The van der Waals surface area contributed by atoms with Gasteiger partial charge < -0.3 is 20.6 Å². The largest absolute Gasteiger partial charge is 0.507 e. The summed E-state index contributed by atoms with van der Waals surface area (Å²) >= 11 is 0. The van der Waals surface area contributed by atoms with Crippen LogP contribution in [-0.4, -0.2) is 30.4 Å². The van der Waals surface area contributed by atoms with Crippen LogP contribution in [0.1, 0.15) is 18.9 Å². The predicted molar refractivity (Wildman–Crippen MR) is 65.7 cm³/mol. The van der Waals surface area contributed by atoms with Crippen molar-refractivity contribution in [3.8, 4) is 5.75 Å². The molecule has 0 saturated carbocycles. The van der Waals surface area contributed by atoms with Gasteiger partial charge in [0.05, 0.1) is 18.6 Å². The van der Waals surface area contributed by atoms with Crippen molar-refractivity contribution in [1.29, 1.82) is 5.41 Å². The van der Waals surface area contributed by atoms with Gasteiger partial charge in [-0.05, 0) is 19.1 Å². The van der Waals surface area contributed by atoms with E-state index in [0.717, 1.165) is 6.21 Å². The lowest BCUT2D eigenvalue weighted by Crippen LogP contribution is -2.12. The van der Waals surface area contributed by atoms with Gasteiger partial charge in [-0.2, -0.15) is 0 Å². The molecular formula is C12H16N2O3. The summed E-state index contributed by atoms with van der Waals surface area (Å²) in [4.78, 5) is 11.1. The summed E-state index contributed by atoms with van der Waals surface area (Å²) in [5.74, 6) is -0.224. The third kappa shape index (κ3) is 3.79. The monoisotopic (exact) mass is 236 g/mol. The Morgan fingerprint density at radius 3 is 3.00 bits per heavy atom. The molecule has 0 bridgehead atoms. The normalized spacial score (nSPS) is 9.71. The highest BCUT2D eigenvalue weighted by molar-refractivity contribution is 5.89. The van der Waals surface area contributed by atoms with Gasteiger partial charge in [-0.25, -0.2) is 0 Å². The van der Waals surface area contributed by atoms with Crippen molar-refractivity contribution in [3.63, 3.8) is 0 Å². The Hall–Kier alpha value is -2.04. The number of phenols is 1. The van der Waals surface area contributed by atoms with Crippen molar-refractivity contribution in [2.24, 2.45) is 0 Å². The van der Waals surface area contributed by atoms with E-state index in [1.165, 1.54) is 6.07 Å². The molecule has 5 heteroatoms. The van der Waals surface area contributed by atoms with Gasteiger partial charge in [0, 0.05) is 18.4 Å². The lowest BCUT2D eigenvalue weighted by Gasteiger charge is -2.09. The summed E-state index contributed by atoms with van der Waals surface area (Å²) in [7, 11) is 0. The number of anilines is 1. The van der Waals surface area contributed by atoms with Crippen LogP contribution in [0.4, 0.5) is 5.69 Å². The Morgan fingerprint density at radius 2 is 2.35 bits per heavy atom. The molecule has 17 heavy (non-hydrogen) atoms. The molecule has 0 aliphatic heterocycles. The second-order valence-corrected chi connectivity index (χ2v) is 3.36.